The number of nitrogens with zero attached hydrogens (tertiary/aromatic N) is 2. The van der Waals surface area contributed by atoms with E-state index in [1.165, 1.54) is 16.8 Å². The molecular weight excluding hydrogens is 316 g/mol. The number of amides is 3. The Balaban J connectivity index is 2.03. The van der Waals surface area contributed by atoms with Gasteiger partial charge in [-0.1, -0.05) is 32.4 Å². The lowest BCUT2D eigenvalue weighted by Gasteiger charge is -2.39. The predicted molar refractivity (Wildman–Crippen MR) is 101 cm³/mol. The fraction of sp³-hybridized carbons (Fsp3) is 0.579. The highest BCUT2D eigenvalue weighted by molar-refractivity contribution is 5.87. The summed E-state index contributed by atoms with van der Waals surface area (Å²) in [6.07, 6.45) is 0.805. The minimum atomic E-state index is -0.646. The van der Waals surface area contributed by atoms with Crippen LogP contribution < -0.4 is 16.0 Å². The number of benzene rings is 1. The van der Waals surface area contributed by atoms with Gasteiger partial charge in [-0.25, -0.2) is 4.79 Å². The van der Waals surface area contributed by atoms with Gasteiger partial charge < -0.3 is 20.9 Å². The molecule has 1 aliphatic rings. The summed E-state index contributed by atoms with van der Waals surface area (Å²) >= 11 is 0. The lowest BCUT2D eigenvalue weighted by molar-refractivity contribution is -0.134. The van der Waals surface area contributed by atoms with E-state index in [-0.39, 0.29) is 11.8 Å². The van der Waals surface area contributed by atoms with Crippen LogP contribution in [-0.2, 0) is 4.79 Å². The number of primary amides is 1. The minimum Gasteiger partial charge on any atom is -0.368 e. The molecule has 1 saturated heterocycles. The normalized spacial score (nSPS) is 17.1. The van der Waals surface area contributed by atoms with Gasteiger partial charge in [0.25, 0.3) is 0 Å². The van der Waals surface area contributed by atoms with Gasteiger partial charge in [0.1, 0.15) is 6.04 Å². The van der Waals surface area contributed by atoms with Crippen molar-refractivity contribution in [3.63, 3.8) is 0 Å². The molecule has 0 spiro atoms. The van der Waals surface area contributed by atoms with Crippen molar-refractivity contribution >= 4 is 17.6 Å². The monoisotopic (exact) mass is 346 g/mol. The topological polar surface area (TPSA) is 78.7 Å². The van der Waals surface area contributed by atoms with Crippen molar-refractivity contribution in [3.8, 4) is 0 Å². The number of hydrogen-bond acceptors (Lipinski definition) is 3. The second-order valence-corrected chi connectivity index (χ2v) is 6.90. The quantitative estimate of drug-likeness (QED) is 0.856. The van der Waals surface area contributed by atoms with Gasteiger partial charge in [-0.05, 0) is 37.0 Å². The maximum atomic E-state index is 12.8. The van der Waals surface area contributed by atoms with E-state index in [0.717, 1.165) is 19.5 Å². The third-order valence-corrected chi connectivity index (χ3v) is 5.28. The molecule has 0 radical (unpaired) electrons. The molecule has 0 aromatic heterocycles. The largest absolute Gasteiger partial charge is 0.368 e. The number of nitrogens with one attached hydrogen (secondary N) is 1. The van der Waals surface area contributed by atoms with Gasteiger partial charge >= 0.3 is 6.03 Å². The Labute approximate surface area is 150 Å². The van der Waals surface area contributed by atoms with Crippen molar-refractivity contribution in [2.75, 3.05) is 31.1 Å². The van der Waals surface area contributed by atoms with Crippen LogP contribution >= 0.6 is 0 Å². The molecule has 1 aromatic rings. The third kappa shape index (κ3) is 4.44. The van der Waals surface area contributed by atoms with Gasteiger partial charge in [0.2, 0.25) is 5.91 Å². The number of carbonyl (C=O) groups excluding carboxylic acids is 2. The van der Waals surface area contributed by atoms with Crippen LogP contribution in [-0.4, -0.2) is 49.1 Å². The summed E-state index contributed by atoms with van der Waals surface area (Å²) in [6.45, 7) is 11.1. The van der Waals surface area contributed by atoms with Crippen LogP contribution in [0.5, 0.6) is 0 Å². The summed E-state index contributed by atoms with van der Waals surface area (Å²) in [7, 11) is 0. The fourth-order valence-corrected chi connectivity index (χ4v) is 3.28. The Bertz CT molecular complexity index is 624. The standard InChI is InChI=1S/C19H30N4O2/c1-5-13(2)17(21-19(20)25)18(24)23-11-9-22(10-12-23)16-8-6-7-14(3)15(16)4/h6-8,13,17H,5,9-12H2,1-4H3,(H3,20,21,25)/t13-,17-/m1/s1. The van der Waals surface area contributed by atoms with E-state index in [2.05, 4.69) is 42.3 Å². The first kappa shape index (κ1) is 19.1. The summed E-state index contributed by atoms with van der Waals surface area (Å²) in [5.74, 6) is 0.0193. The van der Waals surface area contributed by atoms with E-state index in [1.54, 1.807) is 0 Å². The van der Waals surface area contributed by atoms with Crippen LogP contribution in [0.1, 0.15) is 31.4 Å². The number of rotatable bonds is 5. The highest BCUT2D eigenvalue weighted by Gasteiger charge is 2.31. The van der Waals surface area contributed by atoms with Gasteiger partial charge in [0.05, 0.1) is 0 Å². The summed E-state index contributed by atoms with van der Waals surface area (Å²) in [5, 5.41) is 2.62. The van der Waals surface area contributed by atoms with Crippen molar-refractivity contribution in [3.05, 3.63) is 29.3 Å². The summed E-state index contributed by atoms with van der Waals surface area (Å²) in [5.41, 5.74) is 9.05. The molecule has 0 aliphatic carbocycles. The Morgan fingerprint density at radius 2 is 1.84 bits per heavy atom. The number of urea groups is 1. The molecule has 6 heteroatoms. The summed E-state index contributed by atoms with van der Waals surface area (Å²) < 4.78 is 0. The Kier molecular flexibility index (Phi) is 6.28. The first-order chi connectivity index (χ1) is 11.8. The molecule has 2 rings (SSSR count). The molecule has 0 saturated carbocycles. The number of anilines is 1. The van der Waals surface area contributed by atoms with Gasteiger partial charge in [-0.2, -0.15) is 0 Å². The molecule has 1 aromatic carbocycles. The number of piperazine rings is 1. The molecule has 3 N–H and O–H groups in total. The van der Waals surface area contributed by atoms with Crippen LogP contribution in [0.4, 0.5) is 10.5 Å². The molecule has 0 unspecified atom stereocenters. The fourth-order valence-electron chi connectivity index (χ4n) is 3.28. The number of aryl methyl sites for hydroxylation is 1. The van der Waals surface area contributed by atoms with E-state index in [1.807, 2.05) is 18.7 Å². The SMILES string of the molecule is CC[C@@H](C)[C@@H](NC(N)=O)C(=O)N1CCN(c2cccc(C)c2C)CC1. The molecular formula is C19H30N4O2. The van der Waals surface area contributed by atoms with Crippen molar-refractivity contribution in [1.29, 1.82) is 0 Å². The molecule has 3 amide bonds. The first-order valence-electron chi connectivity index (χ1n) is 9.01. The maximum absolute atomic E-state index is 12.8. The summed E-state index contributed by atoms with van der Waals surface area (Å²) in [6, 6.07) is 5.13. The van der Waals surface area contributed by atoms with Crippen LogP contribution in [0.3, 0.4) is 0 Å². The zero-order chi connectivity index (χ0) is 18.6. The van der Waals surface area contributed by atoms with Gasteiger partial charge in [0.15, 0.2) is 0 Å². The minimum absolute atomic E-state index is 0.0336. The molecule has 0 bridgehead atoms. The van der Waals surface area contributed by atoms with E-state index >= 15 is 0 Å². The highest BCUT2D eigenvalue weighted by atomic mass is 16.2. The Morgan fingerprint density at radius 1 is 1.20 bits per heavy atom. The molecule has 2 atom stereocenters. The Hall–Kier alpha value is -2.24. The number of carbonyl (C=O) groups is 2. The van der Waals surface area contributed by atoms with E-state index in [4.69, 9.17) is 5.73 Å². The average molecular weight is 346 g/mol. The number of hydrogen-bond donors (Lipinski definition) is 2. The summed E-state index contributed by atoms with van der Waals surface area (Å²) in [4.78, 5) is 28.3. The zero-order valence-corrected chi connectivity index (χ0v) is 15.7. The van der Waals surface area contributed by atoms with Crippen LogP contribution in [0, 0.1) is 19.8 Å². The van der Waals surface area contributed by atoms with Gasteiger partial charge in [-0.3, -0.25) is 4.79 Å². The second-order valence-electron chi connectivity index (χ2n) is 6.90. The van der Waals surface area contributed by atoms with Crippen molar-refractivity contribution in [1.82, 2.24) is 10.2 Å². The third-order valence-electron chi connectivity index (χ3n) is 5.28. The van der Waals surface area contributed by atoms with Gasteiger partial charge in [-0.15, -0.1) is 0 Å². The van der Waals surface area contributed by atoms with E-state index in [9.17, 15) is 9.59 Å². The molecule has 25 heavy (non-hydrogen) atoms. The average Bonchev–Trinajstić information content (AvgIpc) is 2.61. The van der Waals surface area contributed by atoms with E-state index < -0.39 is 12.1 Å². The smallest absolute Gasteiger partial charge is 0.312 e. The van der Waals surface area contributed by atoms with Crippen LogP contribution in [0.25, 0.3) is 0 Å². The molecule has 138 valence electrons. The molecule has 1 heterocycles. The van der Waals surface area contributed by atoms with Gasteiger partial charge in [0, 0.05) is 31.9 Å². The highest BCUT2D eigenvalue weighted by Crippen LogP contribution is 2.24. The van der Waals surface area contributed by atoms with Crippen LogP contribution in [0.15, 0.2) is 18.2 Å². The van der Waals surface area contributed by atoms with E-state index in [0.29, 0.717) is 13.1 Å². The van der Waals surface area contributed by atoms with Crippen molar-refractivity contribution in [2.45, 2.75) is 40.2 Å². The zero-order valence-electron chi connectivity index (χ0n) is 15.7. The molecule has 1 fully saturated rings. The van der Waals surface area contributed by atoms with Crippen molar-refractivity contribution in [2.24, 2.45) is 11.7 Å². The molecule has 1 aliphatic heterocycles. The maximum Gasteiger partial charge on any atom is 0.312 e. The predicted octanol–water partition coefficient (Wildman–Crippen LogP) is 2.04. The second kappa shape index (κ2) is 8.23. The molecule has 6 nitrogen and oxygen atoms in total. The lowest BCUT2D eigenvalue weighted by atomic mass is 9.97. The van der Waals surface area contributed by atoms with Crippen LogP contribution in [0.2, 0.25) is 0 Å². The number of nitrogens with two attached hydrogens (primary N) is 1. The first-order valence-corrected chi connectivity index (χ1v) is 9.01. The Morgan fingerprint density at radius 3 is 2.40 bits per heavy atom. The van der Waals surface area contributed by atoms with Crippen molar-refractivity contribution < 1.29 is 9.59 Å². The lowest BCUT2D eigenvalue weighted by Crippen LogP contribution is -2.57.